The highest BCUT2D eigenvalue weighted by Crippen LogP contribution is 2.35. The summed E-state index contributed by atoms with van der Waals surface area (Å²) < 4.78 is 1.87. The first-order valence-corrected chi connectivity index (χ1v) is 6.13. The van der Waals surface area contributed by atoms with Crippen molar-refractivity contribution >= 4 is 11.8 Å². The van der Waals surface area contributed by atoms with Crippen LogP contribution in [-0.4, -0.2) is 27.8 Å². The van der Waals surface area contributed by atoms with Gasteiger partial charge in [-0.15, -0.1) is 0 Å². The van der Waals surface area contributed by atoms with E-state index in [1.54, 1.807) is 0 Å². The average Bonchev–Trinajstić information content (AvgIpc) is 2.79. The summed E-state index contributed by atoms with van der Waals surface area (Å²) in [7, 11) is 4.01. The van der Waals surface area contributed by atoms with Gasteiger partial charge in [-0.25, -0.2) is 0 Å². The lowest BCUT2D eigenvalue weighted by Crippen LogP contribution is -2.25. The predicted octanol–water partition coefficient (Wildman–Crippen LogP) is 1.58. The Labute approximate surface area is 89.3 Å². The van der Waals surface area contributed by atoms with Crippen LogP contribution in [0, 0.1) is 0 Å². The molecule has 0 aliphatic carbocycles. The number of hydrogen-bond acceptors (Lipinski definition) is 3. The molecule has 1 aliphatic rings. The van der Waals surface area contributed by atoms with Gasteiger partial charge < -0.3 is 5.32 Å². The third-order valence-electron chi connectivity index (χ3n) is 2.73. The summed E-state index contributed by atoms with van der Waals surface area (Å²) in [6.07, 6.45) is 6.76. The third-order valence-corrected chi connectivity index (χ3v) is 4.19. The van der Waals surface area contributed by atoms with Gasteiger partial charge in [0, 0.05) is 30.1 Å². The normalized spacial score (nSPS) is 24.0. The van der Waals surface area contributed by atoms with Gasteiger partial charge in [-0.3, -0.25) is 4.68 Å². The van der Waals surface area contributed by atoms with Crippen LogP contribution in [0.15, 0.2) is 12.4 Å². The predicted molar refractivity (Wildman–Crippen MR) is 60.5 cm³/mol. The molecule has 1 aromatic heterocycles. The Morgan fingerprint density at radius 1 is 1.71 bits per heavy atom. The maximum Gasteiger partial charge on any atom is 0.0537 e. The summed E-state index contributed by atoms with van der Waals surface area (Å²) in [5.74, 6) is 1.31. The molecule has 0 amide bonds. The molecule has 1 N–H and O–H groups in total. The van der Waals surface area contributed by atoms with Gasteiger partial charge in [0.15, 0.2) is 0 Å². The molecule has 0 radical (unpaired) electrons. The SMILES string of the molecule is CNC(c1cnn(C)c1)C1CCCS1. The van der Waals surface area contributed by atoms with Crippen molar-refractivity contribution in [2.24, 2.45) is 7.05 Å². The van der Waals surface area contributed by atoms with Crippen LogP contribution in [0.25, 0.3) is 0 Å². The second kappa shape index (κ2) is 4.36. The molecule has 2 atom stereocenters. The molecule has 1 aliphatic heterocycles. The quantitative estimate of drug-likeness (QED) is 0.823. The Kier molecular flexibility index (Phi) is 3.13. The van der Waals surface area contributed by atoms with Crippen LogP contribution < -0.4 is 5.32 Å². The lowest BCUT2D eigenvalue weighted by atomic mass is 10.0. The van der Waals surface area contributed by atoms with Crippen LogP contribution >= 0.6 is 11.8 Å². The fourth-order valence-electron chi connectivity index (χ4n) is 2.03. The topological polar surface area (TPSA) is 29.9 Å². The number of aryl methyl sites for hydroxylation is 1. The number of rotatable bonds is 3. The zero-order chi connectivity index (χ0) is 9.97. The van der Waals surface area contributed by atoms with E-state index in [2.05, 4.69) is 28.4 Å². The standard InChI is InChI=1S/C10H17N3S/c1-11-10(9-4-3-5-14-9)8-6-12-13(2)7-8/h6-7,9-11H,3-5H2,1-2H3. The molecule has 1 saturated heterocycles. The lowest BCUT2D eigenvalue weighted by Gasteiger charge is -2.20. The van der Waals surface area contributed by atoms with E-state index in [4.69, 9.17) is 0 Å². The van der Waals surface area contributed by atoms with Crippen molar-refractivity contribution in [3.63, 3.8) is 0 Å². The molecule has 0 aromatic carbocycles. The van der Waals surface area contributed by atoms with Gasteiger partial charge in [0.05, 0.1) is 6.20 Å². The molecule has 0 saturated carbocycles. The molecule has 3 nitrogen and oxygen atoms in total. The van der Waals surface area contributed by atoms with Crippen LogP contribution in [0.1, 0.15) is 24.4 Å². The van der Waals surface area contributed by atoms with E-state index in [0.717, 1.165) is 5.25 Å². The molecule has 0 bridgehead atoms. The Bertz CT molecular complexity index is 291. The summed E-state index contributed by atoms with van der Waals surface area (Å²) in [6, 6.07) is 0.469. The van der Waals surface area contributed by atoms with Gasteiger partial charge in [-0.05, 0) is 25.6 Å². The largest absolute Gasteiger partial charge is 0.312 e. The minimum atomic E-state index is 0.469. The first kappa shape index (κ1) is 10.1. The maximum absolute atomic E-state index is 4.22. The molecular formula is C10H17N3S. The summed E-state index contributed by atoms with van der Waals surface area (Å²) in [5, 5.41) is 8.35. The van der Waals surface area contributed by atoms with E-state index in [-0.39, 0.29) is 0 Å². The third kappa shape index (κ3) is 1.96. The Morgan fingerprint density at radius 2 is 2.57 bits per heavy atom. The van der Waals surface area contributed by atoms with E-state index < -0.39 is 0 Å². The van der Waals surface area contributed by atoms with Gasteiger partial charge in [-0.2, -0.15) is 16.9 Å². The zero-order valence-electron chi connectivity index (χ0n) is 8.73. The van der Waals surface area contributed by atoms with Crippen molar-refractivity contribution < 1.29 is 0 Å². The Morgan fingerprint density at radius 3 is 3.07 bits per heavy atom. The molecule has 1 aromatic rings. The molecule has 1 fully saturated rings. The average molecular weight is 211 g/mol. The number of aromatic nitrogens is 2. The van der Waals surface area contributed by atoms with E-state index in [1.165, 1.54) is 24.2 Å². The van der Waals surface area contributed by atoms with Gasteiger partial charge in [0.25, 0.3) is 0 Å². The summed E-state index contributed by atoms with van der Waals surface area (Å²) in [5.41, 5.74) is 1.31. The van der Waals surface area contributed by atoms with E-state index >= 15 is 0 Å². The number of hydrogen-bond donors (Lipinski definition) is 1. The lowest BCUT2D eigenvalue weighted by molar-refractivity contribution is 0.551. The second-order valence-electron chi connectivity index (χ2n) is 3.77. The molecule has 14 heavy (non-hydrogen) atoms. The van der Waals surface area contributed by atoms with Crippen LogP contribution in [-0.2, 0) is 7.05 Å². The molecular weight excluding hydrogens is 194 g/mol. The van der Waals surface area contributed by atoms with E-state index in [1.807, 2.05) is 25.0 Å². The Hall–Kier alpha value is -0.480. The minimum Gasteiger partial charge on any atom is -0.312 e. The molecule has 2 rings (SSSR count). The summed E-state index contributed by atoms with van der Waals surface area (Å²) in [4.78, 5) is 0. The van der Waals surface area contributed by atoms with Crippen molar-refractivity contribution in [3.8, 4) is 0 Å². The summed E-state index contributed by atoms with van der Waals surface area (Å²) >= 11 is 2.08. The fourth-order valence-corrected chi connectivity index (χ4v) is 3.49. The molecule has 2 heterocycles. The van der Waals surface area contributed by atoms with Crippen molar-refractivity contribution in [1.29, 1.82) is 0 Å². The summed E-state index contributed by atoms with van der Waals surface area (Å²) in [6.45, 7) is 0. The minimum absolute atomic E-state index is 0.469. The first-order valence-electron chi connectivity index (χ1n) is 5.08. The van der Waals surface area contributed by atoms with Crippen LogP contribution in [0.3, 0.4) is 0 Å². The molecule has 0 spiro atoms. The second-order valence-corrected chi connectivity index (χ2v) is 5.11. The van der Waals surface area contributed by atoms with Gasteiger partial charge in [0.1, 0.15) is 0 Å². The van der Waals surface area contributed by atoms with Crippen molar-refractivity contribution in [1.82, 2.24) is 15.1 Å². The van der Waals surface area contributed by atoms with E-state index in [0.29, 0.717) is 6.04 Å². The monoisotopic (exact) mass is 211 g/mol. The molecule has 78 valence electrons. The van der Waals surface area contributed by atoms with Crippen LogP contribution in [0.2, 0.25) is 0 Å². The van der Waals surface area contributed by atoms with E-state index in [9.17, 15) is 0 Å². The van der Waals surface area contributed by atoms with Gasteiger partial charge in [0.2, 0.25) is 0 Å². The molecule has 4 heteroatoms. The highest BCUT2D eigenvalue weighted by atomic mass is 32.2. The zero-order valence-corrected chi connectivity index (χ0v) is 9.55. The van der Waals surface area contributed by atoms with Crippen LogP contribution in [0.4, 0.5) is 0 Å². The smallest absolute Gasteiger partial charge is 0.0537 e. The van der Waals surface area contributed by atoms with Crippen molar-refractivity contribution in [2.75, 3.05) is 12.8 Å². The highest BCUT2D eigenvalue weighted by molar-refractivity contribution is 8.00. The van der Waals surface area contributed by atoms with Crippen LogP contribution in [0.5, 0.6) is 0 Å². The Balaban J connectivity index is 2.12. The number of nitrogens with zero attached hydrogens (tertiary/aromatic N) is 2. The number of nitrogens with one attached hydrogen (secondary N) is 1. The fraction of sp³-hybridized carbons (Fsp3) is 0.700. The molecule has 2 unspecified atom stereocenters. The number of thioether (sulfide) groups is 1. The van der Waals surface area contributed by atoms with Gasteiger partial charge in [-0.1, -0.05) is 0 Å². The van der Waals surface area contributed by atoms with Crippen molar-refractivity contribution in [3.05, 3.63) is 18.0 Å². The first-order chi connectivity index (χ1) is 6.81. The van der Waals surface area contributed by atoms with Gasteiger partial charge >= 0.3 is 0 Å². The van der Waals surface area contributed by atoms with Crippen molar-refractivity contribution in [2.45, 2.75) is 24.1 Å². The highest BCUT2D eigenvalue weighted by Gasteiger charge is 2.26. The maximum atomic E-state index is 4.22.